The third-order valence-electron chi connectivity index (χ3n) is 3.46. The first kappa shape index (κ1) is 13.9. The number of halogens is 1. The van der Waals surface area contributed by atoms with E-state index in [1.54, 1.807) is 0 Å². The predicted octanol–water partition coefficient (Wildman–Crippen LogP) is 3.67. The van der Waals surface area contributed by atoms with Gasteiger partial charge in [0.2, 0.25) is 5.91 Å². The molecule has 2 atom stereocenters. The van der Waals surface area contributed by atoms with Gasteiger partial charge in [0, 0.05) is 28.9 Å². The van der Waals surface area contributed by atoms with Crippen molar-refractivity contribution in [1.82, 2.24) is 4.90 Å². The van der Waals surface area contributed by atoms with Crippen molar-refractivity contribution in [3.8, 4) is 0 Å². The third kappa shape index (κ3) is 3.28. The van der Waals surface area contributed by atoms with Crippen LogP contribution in [0.2, 0.25) is 0 Å². The summed E-state index contributed by atoms with van der Waals surface area (Å²) in [6, 6.07) is 8.04. The molecule has 2 rings (SSSR count). The van der Waals surface area contributed by atoms with E-state index in [0.717, 1.165) is 10.0 Å². The van der Waals surface area contributed by atoms with Crippen LogP contribution < -0.4 is 0 Å². The van der Waals surface area contributed by atoms with Gasteiger partial charge in [-0.15, -0.1) is 0 Å². The minimum atomic E-state index is 0.0525. The van der Waals surface area contributed by atoms with E-state index in [-0.39, 0.29) is 17.9 Å². The summed E-state index contributed by atoms with van der Waals surface area (Å²) >= 11 is 3.40. The van der Waals surface area contributed by atoms with Gasteiger partial charge >= 0.3 is 0 Å². The van der Waals surface area contributed by atoms with E-state index in [4.69, 9.17) is 5.53 Å². The predicted molar refractivity (Wildman–Crippen MR) is 76.4 cm³/mol. The number of hydrogen-bond acceptors (Lipinski definition) is 2. The second-order valence-corrected chi connectivity index (χ2v) is 5.67. The van der Waals surface area contributed by atoms with Gasteiger partial charge in [0.25, 0.3) is 0 Å². The van der Waals surface area contributed by atoms with E-state index in [1.807, 2.05) is 36.1 Å². The first-order chi connectivity index (χ1) is 9.11. The van der Waals surface area contributed by atoms with E-state index < -0.39 is 0 Å². The number of amides is 1. The van der Waals surface area contributed by atoms with E-state index in [1.165, 1.54) is 0 Å². The number of carbonyl (C=O) groups excluding carboxylic acids is 1. The topological polar surface area (TPSA) is 69.1 Å². The standard InChI is InChI=1S/C13H15BrN4O/c1-9(11-2-4-12(14)5-3-11)18-8-10(6-13(18)19)7-16-17-15/h2-5,9-10H,6-8H2,1H3/t9-,10?/m0/s1. The molecule has 0 radical (unpaired) electrons. The maximum absolute atomic E-state index is 12.0. The molecule has 1 fully saturated rings. The summed E-state index contributed by atoms with van der Waals surface area (Å²) in [5.74, 6) is 0.273. The molecule has 6 heteroatoms. The first-order valence-electron chi connectivity index (χ1n) is 6.17. The van der Waals surface area contributed by atoms with Gasteiger partial charge in [-0.05, 0) is 36.1 Å². The summed E-state index contributed by atoms with van der Waals surface area (Å²) in [4.78, 5) is 16.6. The fourth-order valence-corrected chi connectivity index (χ4v) is 2.64. The van der Waals surface area contributed by atoms with Crippen LogP contribution in [0.4, 0.5) is 0 Å². The Bertz CT molecular complexity index is 510. The number of likely N-dealkylation sites (tertiary alicyclic amines) is 1. The summed E-state index contributed by atoms with van der Waals surface area (Å²) in [5, 5.41) is 3.56. The van der Waals surface area contributed by atoms with Crippen molar-refractivity contribution in [3.05, 3.63) is 44.7 Å². The van der Waals surface area contributed by atoms with E-state index in [0.29, 0.717) is 19.5 Å². The molecule has 5 nitrogen and oxygen atoms in total. The van der Waals surface area contributed by atoms with Crippen molar-refractivity contribution < 1.29 is 4.79 Å². The Morgan fingerprint density at radius 2 is 2.21 bits per heavy atom. The van der Waals surface area contributed by atoms with Gasteiger partial charge in [0.1, 0.15) is 0 Å². The lowest BCUT2D eigenvalue weighted by molar-refractivity contribution is -0.129. The molecule has 0 N–H and O–H groups in total. The smallest absolute Gasteiger partial charge is 0.223 e. The van der Waals surface area contributed by atoms with Crippen LogP contribution >= 0.6 is 15.9 Å². The van der Waals surface area contributed by atoms with Crippen LogP contribution in [0.3, 0.4) is 0 Å². The monoisotopic (exact) mass is 322 g/mol. The molecule has 1 aromatic carbocycles. The lowest BCUT2D eigenvalue weighted by Gasteiger charge is -2.25. The lowest BCUT2D eigenvalue weighted by atomic mass is 10.1. The van der Waals surface area contributed by atoms with Crippen molar-refractivity contribution in [2.75, 3.05) is 13.1 Å². The number of benzene rings is 1. The highest BCUT2D eigenvalue weighted by Gasteiger charge is 2.32. The molecule has 1 aliphatic heterocycles. The second-order valence-electron chi connectivity index (χ2n) is 4.76. The first-order valence-corrected chi connectivity index (χ1v) is 6.97. The molecule has 1 aliphatic rings. The summed E-state index contributed by atoms with van der Waals surface area (Å²) in [6.45, 7) is 3.08. The van der Waals surface area contributed by atoms with Crippen LogP contribution in [0.25, 0.3) is 10.4 Å². The highest BCUT2D eigenvalue weighted by molar-refractivity contribution is 9.10. The second kappa shape index (κ2) is 6.08. The van der Waals surface area contributed by atoms with Crippen LogP contribution in [0.5, 0.6) is 0 Å². The third-order valence-corrected chi connectivity index (χ3v) is 3.99. The zero-order chi connectivity index (χ0) is 13.8. The molecule has 1 unspecified atom stereocenters. The molecule has 100 valence electrons. The lowest BCUT2D eigenvalue weighted by Crippen LogP contribution is -2.28. The molecule has 0 aliphatic carbocycles. The molecule has 1 heterocycles. The number of carbonyl (C=O) groups is 1. The molecule has 19 heavy (non-hydrogen) atoms. The zero-order valence-corrected chi connectivity index (χ0v) is 12.2. The Hall–Kier alpha value is -1.52. The number of rotatable bonds is 4. The van der Waals surface area contributed by atoms with Crippen molar-refractivity contribution >= 4 is 21.8 Å². The Balaban J connectivity index is 2.07. The maximum Gasteiger partial charge on any atom is 0.223 e. The minimum Gasteiger partial charge on any atom is -0.336 e. The van der Waals surface area contributed by atoms with Gasteiger partial charge in [0.05, 0.1) is 6.04 Å². The SMILES string of the molecule is C[C@@H](c1ccc(Br)cc1)N1CC(CN=[N+]=[N-])CC1=O. The van der Waals surface area contributed by atoms with E-state index in [2.05, 4.69) is 26.0 Å². The van der Waals surface area contributed by atoms with Crippen LogP contribution in [0, 0.1) is 5.92 Å². The highest BCUT2D eigenvalue weighted by atomic mass is 79.9. The highest BCUT2D eigenvalue weighted by Crippen LogP contribution is 2.29. The molecule has 0 saturated carbocycles. The summed E-state index contributed by atoms with van der Waals surface area (Å²) < 4.78 is 1.03. The van der Waals surface area contributed by atoms with Gasteiger partial charge in [-0.2, -0.15) is 0 Å². The molecule has 0 aromatic heterocycles. The Morgan fingerprint density at radius 1 is 1.53 bits per heavy atom. The quantitative estimate of drug-likeness (QED) is 0.473. The Morgan fingerprint density at radius 3 is 2.84 bits per heavy atom. The number of hydrogen-bond donors (Lipinski definition) is 0. The van der Waals surface area contributed by atoms with Gasteiger partial charge < -0.3 is 4.90 Å². The maximum atomic E-state index is 12.0. The van der Waals surface area contributed by atoms with Gasteiger partial charge in [0.15, 0.2) is 0 Å². The number of nitrogens with zero attached hydrogens (tertiary/aromatic N) is 4. The van der Waals surface area contributed by atoms with Crippen molar-refractivity contribution in [2.24, 2.45) is 11.0 Å². The molecular formula is C13H15BrN4O. The van der Waals surface area contributed by atoms with Crippen molar-refractivity contribution in [2.45, 2.75) is 19.4 Å². The Labute approximate surface area is 120 Å². The largest absolute Gasteiger partial charge is 0.336 e. The fraction of sp³-hybridized carbons (Fsp3) is 0.462. The van der Waals surface area contributed by atoms with Gasteiger partial charge in [-0.1, -0.05) is 33.2 Å². The summed E-state index contributed by atoms with van der Waals surface area (Å²) in [5.41, 5.74) is 9.44. The van der Waals surface area contributed by atoms with E-state index >= 15 is 0 Å². The molecule has 0 bridgehead atoms. The normalized spacial score (nSPS) is 20.2. The van der Waals surface area contributed by atoms with E-state index in [9.17, 15) is 4.79 Å². The average molecular weight is 323 g/mol. The number of azide groups is 1. The van der Waals surface area contributed by atoms with Crippen LogP contribution in [-0.2, 0) is 4.79 Å². The van der Waals surface area contributed by atoms with Crippen molar-refractivity contribution in [1.29, 1.82) is 0 Å². The van der Waals surface area contributed by atoms with Gasteiger partial charge in [-0.3, -0.25) is 4.79 Å². The fourth-order valence-electron chi connectivity index (χ4n) is 2.38. The van der Waals surface area contributed by atoms with Gasteiger partial charge in [-0.25, -0.2) is 0 Å². The van der Waals surface area contributed by atoms with Crippen LogP contribution in [-0.4, -0.2) is 23.9 Å². The molecule has 1 saturated heterocycles. The molecule has 1 aromatic rings. The molecule has 1 amide bonds. The van der Waals surface area contributed by atoms with Crippen LogP contribution in [0.15, 0.2) is 33.9 Å². The molecular weight excluding hydrogens is 308 g/mol. The average Bonchev–Trinajstić information content (AvgIpc) is 2.77. The molecule has 0 spiro atoms. The summed E-state index contributed by atoms with van der Waals surface area (Å²) in [6.07, 6.45) is 0.472. The van der Waals surface area contributed by atoms with Crippen LogP contribution in [0.1, 0.15) is 24.9 Å². The summed E-state index contributed by atoms with van der Waals surface area (Å²) in [7, 11) is 0. The van der Waals surface area contributed by atoms with Crippen molar-refractivity contribution in [3.63, 3.8) is 0 Å². The Kier molecular flexibility index (Phi) is 4.45. The zero-order valence-electron chi connectivity index (χ0n) is 10.7. The minimum absolute atomic E-state index is 0.0525.